The van der Waals surface area contributed by atoms with E-state index in [1.54, 1.807) is 0 Å². The zero-order valence-corrected chi connectivity index (χ0v) is 8.40. The van der Waals surface area contributed by atoms with Crippen molar-refractivity contribution in [3.05, 3.63) is 0 Å². The van der Waals surface area contributed by atoms with Gasteiger partial charge in [-0.25, -0.2) is 0 Å². The third-order valence-corrected chi connectivity index (χ3v) is 3.61. The fraction of sp³-hybridized carbons (Fsp3) is 1.00. The fourth-order valence-corrected chi connectivity index (χ4v) is 2.99. The summed E-state index contributed by atoms with van der Waals surface area (Å²) in [5, 5.41) is 3.42. The number of hydrogen-bond acceptors (Lipinski definition) is 1. The van der Waals surface area contributed by atoms with Gasteiger partial charge in [-0.3, -0.25) is 0 Å². The van der Waals surface area contributed by atoms with E-state index in [0.29, 0.717) is 0 Å². The van der Waals surface area contributed by atoms with Gasteiger partial charge in [-0.2, -0.15) is 0 Å². The SMILES string of the molecule is CC(C)CC1CCC2(CNC2)C1. The van der Waals surface area contributed by atoms with Gasteiger partial charge in [0, 0.05) is 13.1 Å². The topological polar surface area (TPSA) is 12.0 Å². The van der Waals surface area contributed by atoms with E-state index in [9.17, 15) is 0 Å². The molecule has 1 unspecified atom stereocenters. The summed E-state index contributed by atoms with van der Waals surface area (Å²) in [5.74, 6) is 1.95. The van der Waals surface area contributed by atoms with Crippen LogP contribution in [0.4, 0.5) is 0 Å². The van der Waals surface area contributed by atoms with Crippen molar-refractivity contribution in [2.24, 2.45) is 17.3 Å². The van der Waals surface area contributed by atoms with Gasteiger partial charge in [-0.15, -0.1) is 0 Å². The van der Waals surface area contributed by atoms with Gasteiger partial charge >= 0.3 is 0 Å². The second kappa shape index (κ2) is 3.02. The zero-order chi connectivity index (χ0) is 8.60. The van der Waals surface area contributed by atoms with Crippen molar-refractivity contribution in [3.8, 4) is 0 Å². The molecule has 0 aromatic rings. The molecular weight excluding hydrogens is 146 g/mol. The molecule has 0 amide bonds. The summed E-state index contributed by atoms with van der Waals surface area (Å²) in [6.45, 7) is 7.32. The molecule has 1 N–H and O–H groups in total. The highest BCUT2D eigenvalue weighted by atomic mass is 15.0. The lowest BCUT2D eigenvalue weighted by Crippen LogP contribution is -2.51. The molecule has 1 saturated carbocycles. The molecule has 0 aromatic carbocycles. The molecule has 12 heavy (non-hydrogen) atoms. The Hall–Kier alpha value is -0.0400. The summed E-state index contributed by atoms with van der Waals surface area (Å²) in [5.41, 5.74) is 0.763. The van der Waals surface area contributed by atoms with E-state index < -0.39 is 0 Å². The Morgan fingerprint density at radius 1 is 1.42 bits per heavy atom. The van der Waals surface area contributed by atoms with Crippen LogP contribution in [0, 0.1) is 17.3 Å². The van der Waals surface area contributed by atoms with Crippen LogP contribution < -0.4 is 5.32 Å². The van der Waals surface area contributed by atoms with Gasteiger partial charge in [0.25, 0.3) is 0 Å². The van der Waals surface area contributed by atoms with Crippen LogP contribution in [0.2, 0.25) is 0 Å². The summed E-state index contributed by atoms with van der Waals surface area (Å²) in [6.07, 6.45) is 5.97. The molecule has 2 fully saturated rings. The molecule has 70 valence electrons. The molecule has 1 atom stereocenters. The van der Waals surface area contributed by atoms with E-state index in [1.165, 1.54) is 38.8 Å². The monoisotopic (exact) mass is 167 g/mol. The van der Waals surface area contributed by atoms with E-state index in [4.69, 9.17) is 0 Å². The molecule has 1 nitrogen and oxygen atoms in total. The predicted octanol–water partition coefficient (Wildman–Crippen LogP) is 2.42. The van der Waals surface area contributed by atoms with E-state index in [2.05, 4.69) is 19.2 Å². The Bertz CT molecular complexity index is 158. The van der Waals surface area contributed by atoms with E-state index in [1.807, 2.05) is 0 Å². The minimum atomic E-state index is 0.763. The highest BCUT2D eigenvalue weighted by Crippen LogP contribution is 2.46. The second-order valence-electron chi connectivity index (χ2n) is 5.34. The molecular formula is C11H21N. The summed E-state index contributed by atoms with van der Waals surface area (Å²) in [6, 6.07) is 0. The summed E-state index contributed by atoms with van der Waals surface area (Å²) >= 11 is 0. The molecule has 0 bridgehead atoms. The van der Waals surface area contributed by atoms with Crippen molar-refractivity contribution in [1.29, 1.82) is 0 Å². The van der Waals surface area contributed by atoms with Crippen LogP contribution in [0.1, 0.15) is 39.5 Å². The van der Waals surface area contributed by atoms with Gasteiger partial charge in [-0.1, -0.05) is 13.8 Å². The Balaban J connectivity index is 1.81. The average molecular weight is 167 g/mol. The van der Waals surface area contributed by atoms with Crippen LogP contribution in [0.3, 0.4) is 0 Å². The molecule has 1 aliphatic carbocycles. The molecule has 1 heteroatoms. The molecule has 0 aromatic heterocycles. The number of hydrogen-bond donors (Lipinski definition) is 1. The maximum Gasteiger partial charge on any atom is 0.00203 e. The van der Waals surface area contributed by atoms with Crippen molar-refractivity contribution < 1.29 is 0 Å². The van der Waals surface area contributed by atoms with E-state index in [-0.39, 0.29) is 0 Å². The van der Waals surface area contributed by atoms with E-state index >= 15 is 0 Å². The van der Waals surface area contributed by atoms with Crippen LogP contribution in [0.25, 0.3) is 0 Å². The van der Waals surface area contributed by atoms with Gasteiger partial charge in [0.05, 0.1) is 0 Å². The molecule has 1 heterocycles. The van der Waals surface area contributed by atoms with Gasteiger partial charge in [0.15, 0.2) is 0 Å². The standard InChI is InChI=1S/C11H21N/c1-9(2)5-10-3-4-11(6-10)7-12-8-11/h9-10,12H,3-8H2,1-2H3. The Labute approximate surface area is 75.9 Å². The quantitative estimate of drug-likeness (QED) is 0.666. The smallest absolute Gasteiger partial charge is 0.00203 e. The summed E-state index contributed by atoms with van der Waals surface area (Å²) in [7, 11) is 0. The fourth-order valence-electron chi connectivity index (χ4n) is 2.99. The molecule has 1 aliphatic heterocycles. The highest BCUT2D eigenvalue weighted by molar-refractivity contribution is 4.98. The largest absolute Gasteiger partial charge is 0.316 e. The van der Waals surface area contributed by atoms with Crippen LogP contribution in [0.15, 0.2) is 0 Å². The first-order valence-electron chi connectivity index (χ1n) is 5.41. The van der Waals surface area contributed by atoms with Gasteiger partial charge < -0.3 is 5.32 Å². The summed E-state index contributed by atoms with van der Waals surface area (Å²) < 4.78 is 0. The normalized spacial score (nSPS) is 32.8. The van der Waals surface area contributed by atoms with Crippen molar-refractivity contribution in [2.45, 2.75) is 39.5 Å². The first kappa shape index (κ1) is 8.55. The van der Waals surface area contributed by atoms with Crippen molar-refractivity contribution in [1.82, 2.24) is 5.32 Å². The molecule has 1 saturated heterocycles. The van der Waals surface area contributed by atoms with E-state index in [0.717, 1.165) is 17.3 Å². The second-order valence-corrected chi connectivity index (χ2v) is 5.34. The zero-order valence-electron chi connectivity index (χ0n) is 8.40. The molecule has 2 aliphatic rings. The van der Waals surface area contributed by atoms with Crippen LogP contribution in [-0.2, 0) is 0 Å². The molecule has 2 rings (SSSR count). The minimum Gasteiger partial charge on any atom is -0.316 e. The van der Waals surface area contributed by atoms with Crippen LogP contribution >= 0.6 is 0 Å². The van der Waals surface area contributed by atoms with Crippen molar-refractivity contribution in [2.75, 3.05) is 13.1 Å². The maximum absolute atomic E-state index is 3.42. The third kappa shape index (κ3) is 1.52. The third-order valence-electron chi connectivity index (χ3n) is 3.61. The van der Waals surface area contributed by atoms with Crippen molar-refractivity contribution >= 4 is 0 Å². The Morgan fingerprint density at radius 2 is 2.17 bits per heavy atom. The first-order chi connectivity index (χ1) is 5.70. The number of rotatable bonds is 2. The first-order valence-corrected chi connectivity index (χ1v) is 5.41. The summed E-state index contributed by atoms with van der Waals surface area (Å²) in [4.78, 5) is 0. The average Bonchev–Trinajstić information content (AvgIpc) is 2.29. The van der Waals surface area contributed by atoms with Gasteiger partial charge in [0.2, 0.25) is 0 Å². The highest BCUT2D eigenvalue weighted by Gasteiger charge is 2.43. The van der Waals surface area contributed by atoms with Crippen LogP contribution in [-0.4, -0.2) is 13.1 Å². The van der Waals surface area contributed by atoms with Gasteiger partial charge in [0.1, 0.15) is 0 Å². The Kier molecular flexibility index (Phi) is 2.16. The van der Waals surface area contributed by atoms with Gasteiger partial charge in [-0.05, 0) is 42.9 Å². The lowest BCUT2D eigenvalue weighted by atomic mass is 9.79. The minimum absolute atomic E-state index is 0.763. The Morgan fingerprint density at radius 3 is 2.58 bits per heavy atom. The predicted molar refractivity (Wildman–Crippen MR) is 52.1 cm³/mol. The lowest BCUT2D eigenvalue weighted by molar-refractivity contribution is 0.167. The lowest BCUT2D eigenvalue weighted by Gasteiger charge is -2.39. The number of nitrogens with one attached hydrogen (secondary N) is 1. The van der Waals surface area contributed by atoms with Crippen molar-refractivity contribution in [3.63, 3.8) is 0 Å². The van der Waals surface area contributed by atoms with Crippen LogP contribution in [0.5, 0.6) is 0 Å². The molecule has 0 radical (unpaired) electrons. The maximum atomic E-state index is 3.42. The molecule has 1 spiro atoms.